The Morgan fingerprint density at radius 2 is 2.28 bits per heavy atom. The highest BCUT2D eigenvalue weighted by molar-refractivity contribution is 5.95. The van der Waals surface area contributed by atoms with E-state index in [1.807, 2.05) is 7.05 Å². The van der Waals surface area contributed by atoms with Crippen LogP contribution < -0.4 is 5.32 Å². The molecule has 0 spiro atoms. The molecule has 0 aliphatic carbocycles. The number of carbonyl (C=O) groups excluding carboxylic acids is 1. The zero-order valence-electron chi connectivity index (χ0n) is 13.7. The van der Waals surface area contributed by atoms with Gasteiger partial charge >= 0.3 is 0 Å². The number of likely N-dealkylation sites (tertiary alicyclic amines) is 1. The molecular formula is C15H19ClN6O3. The van der Waals surface area contributed by atoms with E-state index in [-0.39, 0.29) is 35.7 Å². The van der Waals surface area contributed by atoms with Gasteiger partial charge in [0.1, 0.15) is 18.3 Å². The number of nitrogens with one attached hydrogen (secondary N) is 1. The lowest BCUT2D eigenvalue weighted by molar-refractivity contribution is -0.384. The first-order chi connectivity index (χ1) is 11.6. The van der Waals surface area contributed by atoms with E-state index in [2.05, 4.69) is 15.4 Å². The van der Waals surface area contributed by atoms with Crippen molar-refractivity contribution in [3.05, 3.63) is 46.5 Å². The number of hydrogen-bond acceptors (Lipinski definition) is 6. The molecule has 0 saturated carbocycles. The molecule has 1 aromatic carbocycles. The van der Waals surface area contributed by atoms with E-state index in [4.69, 9.17) is 0 Å². The molecule has 0 bridgehead atoms. The Bertz CT molecular complexity index is 752. The molecule has 2 aromatic rings. The number of likely N-dealkylation sites (N-methyl/N-ethyl adjacent to an activating group) is 1. The van der Waals surface area contributed by atoms with Gasteiger partial charge in [0.15, 0.2) is 0 Å². The topological polar surface area (TPSA) is 106 Å². The summed E-state index contributed by atoms with van der Waals surface area (Å²) in [6, 6.07) is 4.56. The Balaban J connectivity index is 0.00000225. The fraction of sp³-hybridized carbons (Fsp3) is 0.400. The maximum Gasteiger partial charge on any atom is 0.295 e. The molecular weight excluding hydrogens is 348 g/mol. The monoisotopic (exact) mass is 366 g/mol. The molecule has 1 aliphatic rings. The molecule has 1 fully saturated rings. The maximum absolute atomic E-state index is 12.7. The summed E-state index contributed by atoms with van der Waals surface area (Å²) in [7, 11) is 1.85. The van der Waals surface area contributed by atoms with Crippen molar-refractivity contribution in [2.45, 2.75) is 18.9 Å². The van der Waals surface area contributed by atoms with Gasteiger partial charge in [0, 0.05) is 30.8 Å². The van der Waals surface area contributed by atoms with Gasteiger partial charge in [-0.15, -0.1) is 12.4 Å². The van der Waals surface area contributed by atoms with Gasteiger partial charge in [-0.05, 0) is 32.0 Å². The van der Waals surface area contributed by atoms with Crippen molar-refractivity contribution in [3.63, 3.8) is 0 Å². The van der Waals surface area contributed by atoms with Crippen LogP contribution in [0.4, 0.5) is 5.69 Å². The lowest BCUT2D eigenvalue weighted by Crippen LogP contribution is -2.40. The van der Waals surface area contributed by atoms with E-state index in [0.717, 1.165) is 12.8 Å². The number of nitro groups is 1. The van der Waals surface area contributed by atoms with Gasteiger partial charge in [0.2, 0.25) is 0 Å². The molecule has 10 heteroatoms. The summed E-state index contributed by atoms with van der Waals surface area (Å²) < 4.78 is 1.31. The molecule has 25 heavy (non-hydrogen) atoms. The van der Waals surface area contributed by atoms with E-state index in [0.29, 0.717) is 18.7 Å². The number of nitrogens with zero attached hydrogens (tertiary/aromatic N) is 5. The number of halogens is 1. The van der Waals surface area contributed by atoms with E-state index >= 15 is 0 Å². The predicted octanol–water partition coefficient (Wildman–Crippen LogP) is 1.42. The van der Waals surface area contributed by atoms with Gasteiger partial charge in [0.25, 0.3) is 11.6 Å². The van der Waals surface area contributed by atoms with E-state index in [1.54, 1.807) is 11.0 Å². The van der Waals surface area contributed by atoms with Crippen LogP contribution in [0.15, 0.2) is 30.9 Å². The molecule has 1 unspecified atom stereocenters. The van der Waals surface area contributed by atoms with Crippen molar-refractivity contribution in [2.75, 3.05) is 20.1 Å². The molecule has 1 atom stereocenters. The smallest absolute Gasteiger partial charge is 0.295 e. The van der Waals surface area contributed by atoms with Crippen molar-refractivity contribution in [1.82, 2.24) is 25.0 Å². The lowest BCUT2D eigenvalue weighted by Gasteiger charge is -2.24. The van der Waals surface area contributed by atoms with Crippen molar-refractivity contribution < 1.29 is 9.72 Å². The fourth-order valence-electron chi connectivity index (χ4n) is 3.05. The first-order valence-corrected chi connectivity index (χ1v) is 7.71. The largest absolute Gasteiger partial charge is 0.334 e. The summed E-state index contributed by atoms with van der Waals surface area (Å²) in [5.74, 6) is -0.180. The standard InChI is InChI=1S/C15H18N6O3.ClH/c1-16-8-12-3-2-6-19(12)15(22)11-4-5-13(14(7-11)21(23)24)20-10-17-9-18-20;/h4-5,7,9-10,12,16H,2-3,6,8H2,1H3;1H. The van der Waals surface area contributed by atoms with E-state index in [1.165, 1.54) is 29.5 Å². The molecule has 0 radical (unpaired) electrons. The predicted molar refractivity (Wildman–Crippen MR) is 93.2 cm³/mol. The average molecular weight is 367 g/mol. The van der Waals surface area contributed by atoms with Crippen molar-refractivity contribution in [2.24, 2.45) is 0 Å². The number of aromatic nitrogens is 3. The van der Waals surface area contributed by atoms with Gasteiger partial charge in [0.05, 0.1) is 4.92 Å². The van der Waals surface area contributed by atoms with Crippen molar-refractivity contribution in [1.29, 1.82) is 0 Å². The van der Waals surface area contributed by atoms with Crippen LogP contribution >= 0.6 is 12.4 Å². The molecule has 134 valence electrons. The number of amides is 1. The Labute approximate surface area is 150 Å². The van der Waals surface area contributed by atoms with E-state index in [9.17, 15) is 14.9 Å². The highest BCUT2D eigenvalue weighted by Crippen LogP contribution is 2.26. The second kappa shape index (κ2) is 8.04. The van der Waals surface area contributed by atoms with Gasteiger partial charge in [-0.25, -0.2) is 9.67 Å². The minimum atomic E-state index is -0.511. The minimum absolute atomic E-state index is 0. The highest BCUT2D eigenvalue weighted by atomic mass is 35.5. The average Bonchev–Trinajstić information content (AvgIpc) is 3.25. The zero-order chi connectivity index (χ0) is 17.1. The van der Waals surface area contributed by atoms with E-state index < -0.39 is 4.92 Å². The Kier molecular flexibility index (Phi) is 6.05. The molecule has 9 nitrogen and oxygen atoms in total. The molecule has 1 aliphatic heterocycles. The third-order valence-corrected chi connectivity index (χ3v) is 4.16. The summed E-state index contributed by atoms with van der Waals surface area (Å²) in [4.78, 5) is 29.2. The molecule has 1 N–H and O–H groups in total. The lowest BCUT2D eigenvalue weighted by atomic mass is 10.1. The number of carbonyl (C=O) groups is 1. The Hall–Kier alpha value is -2.52. The third-order valence-electron chi connectivity index (χ3n) is 4.16. The molecule has 1 saturated heterocycles. The maximum atomic E-state index is 12.7. The third kappa shape index (κ3) is 3.77. The SMILES string of the molecule is CNCC1CCCN1C(=O)c1ccc(-n2cncn2)c([N+](=O)[O-])c1.Cl. The summed E-state index contributed by atoms with van der Waals surface area (Å²) in [5.41, 5.74) is 0.423. The number of hydrogen-bond donors (Lipinski definition) is 1. The second-order valence-corrected chi connectivity index (χ2v) is 5.65. The molecule has 1 amide bonds. The van der Waals surface area contributed by atoms with Crippen LogP contribution in [0.2, 0.25) is 0 Å². The number of rotatable bonds is 5. The van der Waals surface area contributed by atoms with Gasteiger partial charge in [-0.1, -0.05) is 0 Å². The van der Waals surface area contributed by atoms with Crippen LogP contribution in [0, 0.1) is 10.1 Å². The zero-order valence-corrected chi connectivity index (χ0v) is 14.5. The first-order valence-electron chi connectivity index (χ1n) is 7.71. The van der Waals surface area contributed by atoms with Crippen molar-refractivity contribution >= 4 is 24.0 Å². The fourth-order valence-corrected chi connectivity index (χ4v) is 3.05. The van der Waals surface area contributed by atoms with Gasteiger partial charge in [-0.3, -0.25) is 14.9 Å². The minimum Gasteiger partial charge on any atom is -0.334 e. The normalized spacial score (nSPS) is 16.5. The highest BCUT2D eigenvalue weighted by Gasteiger charge is 2.30. The van der Waals surface area contributed by atoms with Crippen LogP contribution in [0.5, 0.6) is 0 Å². The van der Waals surface area contributed by atoms with Crippen LogP contribution in [-0.4, -0.2) is 56.7 Å². The Morgan fingerprint density at radius 1 is 1.48 bits per heavy atom. The summed E-state index contributed by atoms with van der Waals surface area (Å²) in [6.07, 6.45) is 4.56. The van der Waals surface area contributed by atoms with Gasteiger partial charge in [-0.2, -0.15) is 5.10 Å². The second-order valence-electron chi connectivity index (χ2n) is 5.65. The summed E-state index contributed by atoms with van der Waals surface area (Å²) >= 11 is 0. The molecule has 2 heterocycles. The van der Waals surface area contributed by atoms with Crippen LogP contribution in [0.25, 0.3) is 5.69 Å². The van der Waals surface area contributed by atoms with Crippen LogP contribution in [-0.2, 0) is 0 Å². The quantitative estimate of drug-likeness (QED) is 0.633. The first kappa shape index (κ1) is 18.8. The molecule has 3 rings (SSSR count). The number of benzene rings is 1. The number of nitro benzene ring substituents is 1. The van der Waals surface area contributed by atoms with Crippen LogP contribution in [0.1, 0.15) is 23.2 Å². The molecule has 1 aromatic heterocycles. The summed E-state index contributed by atoms with van der Waals surface area (Å²) in [6.45, 7) is 1.38. The van der Waals surface area contributed by atoms with Crippen LogP contribution in [0.3, 0.4) is 0 Å². The summed E-state index contributed by atoms with van der Waals surface area (Å²) in [5, 5.41) is 18.4. The Morgan fingerprint density at radius 3 is 2.92 bits per heavy atom. The van der Waals surface area contributed by atoms with Gasteiger partial charge < -0.3 is 10.2 Å². The van der Waals surface area contributed by atoms with Crippen molar-refractivity contribution in [3.8, 4) is 5.69 Å².